The molecule has 0 saturated carbocycles. The molecule has 4 heteroatoms. The van der Waals surface area contributed by atoms with E-state index in [2.05, 4.69) is 17.6 Å². The number of nitrogens with one attached hydrogen (secondary N) is 2. The number of methoxy groups -OCH3 is 1. The highest BCUT2D eigenvalue weighted by Gasteiger charge is 2.21. The average Bonchev–Trinajstić information content (AvgIpc) is 2.48. The highest BCUT2D eigenvalue weighted by molar-refractivity contribution is 5.90. The molecule has 0 aliphatic carbocycles. The molecule has 1 heterocycles. The topological polar surface area (TPSA) is 50.4 Å². The summed E-state index contributed by atoms with van der Waals surface area (Å²) < 4.78 is 5.11. The summed E-state index contributed by atoms with van der Waals surface area (Å²) >= 11 is 0. The number of hydrogen-bond donors (Lipinski definition) is 2. The van der Waals surface area contributed by atoms with E-state index in [1.54, 1.807) is 7.11 Å². The predicted octanol–water partition coefficient (Wildman–Crippen LogP) is 2.80. The Labute approximate surface area is 127 Å². The smallest absolute Gasteiger partial charge is 0.224 e. The van der Waals surface area contributed by atoms with Gasteiger partial charge in [0.25, 0.3) is 0 Å². The Morgan fingerprint density at radius 2 is 2.38 bits per heavy atom. The lowest BCUT2D eigenvalue weighted by atomic mass is 9.85. The zero-order valence-electron chi connectivity index (χ0n) is 13.0. The molecular weight excluding hydrogens is 264 g/mol. The van der Waals surface area contributed by atoms with Gasteiger partial charge in [0.05, 0.1) is 6.61 Å². The number of hydrogen-bond acceptors (Lipinski definition) is 3. The Balaban J connectivity index is 1.84. The third-order valence-corrected chi connectivity index (χ3v) is 4.17. The Kier molecular flexibility index (Phi) is 6.21. The minimum atomic E-state index is 0.0997. The number of carbonyl (C=O) groups excluding carboxylic acids is 1. The third-order valence-electron chi connectivity index (χ3n) is 4.17. The molecule has 0 aromatic heterocycles. The van der Waals surface area contributed by atoms with Crippen molar-refractivity contribution in [2.75, 3.05) is 25.5 Å². The number of benzene rings is 1. The van der Waals surface area contributed by atoms with E-state index in [-0.39, 0.29) is 5.91 Å². The number of ether oxygens (including phenoxy) is 1. The number of amides is 1. The van der Waals surface area contributed by atoms with Crippen molar-refractivity contribution in [1.29, 1.82) is 0 Å². The van der Waals surface area contributed by atoms with Crippen molar-refractivity contribution in [1.82, 2.24) is 5.32 Å². The summed E-state index contributed by atoms with van der Waals surface area (Å²) in [5.74, 6) is 1.13. The van der Waals surface area contributed by atoms with Crippen LogP contribution in [0.25, 0.3) is 0 Å². The second-order valence-electron chi connectivity index (χ2n) is 5.97. The van der Waals surface area contributed by atoms with Crippen molar-refractivity contribution in [3.8, 4) is 0 Å². The predicted molar refractivity (Wildman–Crippen MR) is 85.2 cm³/mol. The van der Waals surface area contributed by atoms with Gasteiger partial charge >= 0.3 is 0 Å². The number of rotatable bonds is 6. The Morgan fingerprint density at radius 3 is 3.10 bits per heavy atom. The summed E-state index contributed by atoms with van der Waals surface area (Å²) in [6.45, 7) is 4.89. The summed E-state index contributed by atoms with van der Waals surface area (Å²) in [7, 11) is 1.67. The molecule has 0 spiro atoms. The molecule has 2 rings (SSSR count). The van der Waals surface area contributed by atoms with E-state index < -0.39 is 0 Å². The van der Waals surface area contributed by atoms with Crippen LogP contribution >= 0.6 is 0 Å². The molecule has 1 aromatic rings. The van der Waals surface area contributed by atoms with Crippen LogP contribution in [-0.4, -0.2) is 26.1 Å². The van der Waals surface area contributed by atoms with Crippen LogP contribution in [0.2, 0.25) is 0 Å². The molecule has 4 nitrogen and oxygen atoms in total. The highest BCUT2D eigenvalue weighted by Crippen LogP contribution is 2.23. The molecule has 21 heavy (non-hydrogen) atoms. The van der Waals surface area contributed by atoms with Crippen LogP contribution in [0.4, 0.5) is 5.69 Å². The summed E-state index contributed by atoms with van der Waals surface area (Å²) in [5.41, 5.74) is 1.92. The average molecular weight is 290 g/mol. The molecule has 116 valence electrons. The van der Waals surface area contributed by atoms with Crippen molar-refractivity contribution in [3.63, 3.8) is 0 Å². The van der Waals surface area contributed by atoms with Crippen LogP contribution < -0.4 is 10.6 Å². The van der Waals surface area contributed by atoms with Gasteiger partial charge in [-0.05, 0) is 55.5 Å². The lowest BCUT2D eigenvalue weighted by Gasteiger charge is -2.28. The summed E-state index contributed by atoms with van der Waals surface area (Å²) in [6.07, 6.45) is 3.03. The summed E-state index contributed by atoms with van der Waals surface area (Å²) in [5, 5.41) is 6.41. The Morgan fingerprint density at radius 1 is 1.52 bits per heavy atom. The minimum absolute atomic E-state index is 0.0997. The van der Waals surface area contributed by atoms with Gasteiger partial charge < -0.3 is 15.4 Å². The van der Waals surface area contributed by atoms with Crippen LogP contribution in [0.3, 0.4) is 0 Å². The molecule has 2 unspecified atom stereocenters. The first-order chi connectivity index (χ1) is 10.2. The molecule has 0 bridgehead atoms. The fourth-order valence-electron chi connectivity index (χ4n) is 2.94. The van der Waals surface area contributed by atoms with E-state index in [4.69, 9.17) is 4.74 Å². The van der Waals surface area contributed by atoms with E-state index in [1.165, 1.54) is 12.8 Å². The van der Waals surface area contributed by atoms with Gasteiger partial charge in [-0.1, -0.05) is 19.1 Å². The third kappa shape index (κ3) is 5.14. The Bertz CT molecular complexity index is 456. The van der Waals surface area contributed by atoms with Gasteiger partial charge in [0, 0.05) is 19.2 Å². The van der Waals surface area contributed by atoms with Crippen LogP contribution in [0.15, 0.2) is 24.3 Å². The van der Waals surface area contributed by atoms with E-state index in [0.717, 1.165) is 24.3 Å². The number of piperidine rings is 1. The van der Waals surface area contributed by atoms with Crippen LogP contribution in [0.1, 0.15) is 31.7 Å². The van der Waals surface area contributed by atoms with E-state index >= 15 is 0 Å². The van der Waals surface area contributed by atoms with Gasteiger partial charge in [-0.2, -0.15) is 0 Å². The van der Waals surface area contributed by atoms with Gasteiger partial charge in [-0.3, -0.25) is 4.79 Å². The van der Waals surface area contributed by atoms with Gasteiger partial charge in [0.1, 0.15) is 0 Å². The summed E-state index contributed by atoms with van der Waals surface area (Å²) in [4.78, 5) is 12.2. The van der Waals surface area contributed by atoms with E-state index in [9.17, 15) is 4.79 Å². The monoisotopic (exact) mass is 290 g/mol. The van der Waals surface area contributed by atoms with Crippen LogP contribution in [0, 0.1) is 11.8 Å². The molecule has 1 aliphatic heterocycles. The molecule has 1 fully saturated rings. The standard InChI is InChI=1S/C17H26N2O2/c1-13(15-6-4-8-18-11-15)9-17(20)19-16-7-3-5-14(10-16)12-21-2/h3,5,7,10,13,15,18H,4,6,8-9,11-12H2,1-2H3,(H,19,20). The molecule has 2 atom stereocenters. The summed E-state index contributed by atoms with van der Waals surface area (Å²) in [6, 6.07) is 7.83. The molecule has 1 saturated heterocycles. The normalized spacial score (nSPS) is 20.0. The molecule has 1 aliphatic rings. The quantitative estimate of drug-likeness (QED) is 0.847. The van der Waals surface area contributed by atoms with E-state index in [1.807, 2.05) is 24.3 Å². The van der Waals surface area contributed by atoms with E-state index in [0.29, 0.717) is 24.9 Å². The lowest BCUT2D eigenvalue weighted by molar-refractivity contribution is -0.117. The first-order valence-corrected chi connectivity index (χ1v) is 7.77. The van der Waals surface area contributed by atoms with Gasteiger partial charge in [0.15, 0.2) is 0 Å². The first-order valence-electron chi connectivity index (χ1n) is 7.77. The van der Waals surface area contributed by atoms with Crippen LogP contribution in [0.5, 0.6) is 0 Å². The van der Waals surface area contributed by atoms with Gasteiger partial charge in [-0.25, -0.2) is 0 Å². The van der Waals surface area contributed by atoms with Crippen molar-refractivity contribution in [3.05, 3.63) is 29.8 Å². The molecule has 1 amide bonds. The molecular formula is C17H26N2O2. The molecule has 1 aromatic carbocycles. The van der Waals surface area contributed by atoms with Crippen molar-refractivity contribution in [2.45, 2.75) is 32.8 Å². The molecule has 0 radical (unpaired) electrons. The van der Waals surface area contributed by atoms with Gasteiger partial charge in [-0.15, -0.1) is 0 Å². The fourth-order valence-corrected chi connectivity index (χ4v) is 2.94. The second kappa shape index (κ2) is 8.15. The molecule has 2 N–H and O–H groups in total. The largest absolute Gasteiger partial charge is 0.380 e. The van der Waals surface area contributed by atoms with Gasteiger partial charge in [0.2, 0.25) is 5.91 Å². The zero-order valence-corrected chi connectivity index (χ0v) is 13.0. The SMILES string of the molecule is COCc1cccc(NC(=O)CC(C)C2CCCNC2)c1. The number of carbonyl (C=O) groups is 1. The number of anilines is 1. The van der Waals surface area contributed by atoms with Crippen molar-refractivity contribution >= 4 is 11.6 Å². The van der Waals surface area contributed by atoms with Crippen molar-refractivity contribution < 1.29 is 9.53 Å². The van der Waals surface area contributed by atoms with Crippen molar-refractivity contribution in [2.24, 2.45) is 11.8 Å². The highest BCUT2D eigenvalue weighted by atomic mass is 16.5. The zero-order chi connectivity index (χ0) is 15.1. The Hall–Kier alpha value is -1.39. The minimum Gasteiger partial charge on any atom is -0.380 e. The maximum Gasteiger partial charge on any atom is 0.224 e. The second-order valence-corrected chi connectivity index (χ2v) is 5.97. The lowest BCUT2D eigenvalue weighted by Crippen LogP contribution is -2.34. The maximum atomic E-state index is 12.2. The fraction of sp³-hybridized carbons (Fsp3) is 0.588. The first kappa shape index (κ1) is 16.0. The maximum absolute atomic E-state index is 12.2. The van der Waals surface area contributed by atoms with Crippen LogP contribution in [-0.2, 0) is 16.1 Å².